The van der Waals surface area contributed by atoms with Crippen molar-refractivity contribution in [2.45, 2.75) is 11.7 Å². The Morgan fingerprint density at radius 1 is 0.897 bits per heavy atom. The van der Waals surface area contributed by atoms with Gasteiger partial charge in [0.1, 0.15) is 5.25 Å². The van der Waals surface area contributed by atoms with Gasteiger partial charge in [0, 0.05) is 12.1 Å². The Bertz CT molecular complexity index is 1020. The number of anilines is 2. The summed E-state index contributed by atoms with van der Waals surface area (Å²) in [6.45, 7) is 0. The summed E-state index contributed by atoms with van der Waals surface area (Å²) in [4.78, 5) is 31.9. The van der Waals surface area contributed by atoms with Gasteiger partial charge in [0.25, 0.3) is 0 Å². The molecule has 6 heteroatoms. The Balaban J connectivity index is 1.57. The molecule has 5 nitrogen and oxygen atoms in total. The van der Waals surface area contributed by atoms with E-state index in [0.717, 1.165) is 11.4 Å². The second-order valence-electron chi connectivity index (χ2n) is 6.46. The third kappa shape index (κ3) is 4.55. The molecule has 1 atom stereocenters. The first-order valence-electron chi connectivity index (χ1n) is 9.25. The van der Waals surface area contributed by atoms with Gasteiger partial charge in [-0.25, -0.2) is 4.99 Å². The molecule has 2 amide bonds. The van der Waals surface area contributed by atoms with E-state index in [1.165, 1.54) is 11.8 Å². The van der Waals surface area contributed by atoms with E-state index in [-0.39, 0.29) is 18.2 Å². The van der Waals surface area contributed by atoms with Crippen LogP contribution < -0.4 is 10.2 Å². The number of amides is 2. The molecule has 1 N–H and O–H groups in total. The molecule has 0 radical (unpaired) electrons. The van der Waals surface area contributed by atoms with Crippen molar-refractivity contribution in [2.24, 2.45) is 4.99 Å². The summed E-state index contributed by atoms with van der Waals surface area (Å²) in [7, 11) is 0. The Morgan fingerprint density at radius 2 is 1.48 bits per heavy atom. The number of thioether (sulfide) groups is 1. The second-order valence-corrected chi connectivity index (χ2v) is 7.63. The maximum atomic E-state index is 13.1. The first-order chi connectivity index (χ1) is 14.2. The van der Waals surface area contributed by atoms with Gasteiger partial charge >= 0.3 is 0 Å². The van der Waals surface area contributed by atoms with Crippen LogP contribution in [0, 0.1) is 0 Å². The number of amidine groups is 1. The normalized spacial score (nSPS) is 17.5. The average Bonchev–Trinajstić information content (AvgIpc) is 3.04. The third-order valence-electron chi connectivity index (χ3n) is 4.36. The van der Waals surface area contributed by atoms with Crippen molar-refractivity contribution in [2.75, 3.05) is 10.2 Å². The van der Waals surface area contributed by atoms with Crippen LogP contribution in [-0.2, 0) is 9.59 Å². The molecule has 1 heterocycles. The minimum Gasteiger partial charge on any atom is -0.326 e. The molecule has 3 aromatic carbocycles. The van der Waals surface area contributed by atoms with E-state index in [1.54, 1.807) is 4.90 Å². The molecule has 29 heavy (non-hydrogen) atoms. The zero-order valence-electron chi connectivity index (χ0n) is 15.6. The molecule has 1 aliphatic heterocycles. The van der Waals surface area contributed by atoms with Crippen LogP contribution >= 0.6 is 11.8 Å². The third-order valence-corrected chi connectivity index (χ3v) is 5.50. The molecule has 0 aromatic heterocycles. The summed E-state index contributed by atoms with van der Waals surface area (Å²) < 4.78 is 0. The fraction of sp³-hybridized carbons (Fsp3) is 0.0870. The van der Waals surface area contributed by atoms with Gasteiger partial charge in [-0.3, -0.25) is 14.5 Å². The van der Waals surface area contributed by atoms with Crippen LogP contribution in [0.15, 0.2) is 96.0 Å². The molecule has 0 unspecified atom stereocenters. The number of benzene rings is 3. The molecule has 1 fully saturated rings. The number of carbonyl (C=O) groups is 2. The van der Waals surface area contributed by atoms with Gasteiger partial charge in [0.15, 0.2) is 5.17 Å². The van der Waals surface area contributed by atoms with Gasteiger partial charge in [0.05, 0.1) is 11.4 Å². The van der Waals surface area contributed by atoms with Crippen LogP contribution in [-0.4, -0.2) is 22.2 Å². The lowest BCUT2D eigenvalue weighted by Crippen LogP contribution is -2.33. The molecule has 3 aromatic rings. The summed E-state index contributed by atoms with van der Waals surface area (Å²) in [5.74, 6) is -0.338. The van der Waals surface area contributed by atoms with E-state index in [2.05, 4.69) is 10.3 Å². The van der Waals surface area contributed by atoms with E-state index < -0.39 is 5.25 Å². The van der Waals surface area contributed by atoms with Gasteiger partial charge in [-0.15, -0.1) is 0 Å². The zero-order chi connectivity index (χ0) is 20.1. The molecule has 4 rings (SSSR count). The fourth-order valence-corrected chi connectivity index (χ4v) is 4.16. The van der Waals surface area contributed by atoms with Gasteiger partial charge in [-0.05, 0) is 36.4 Å². The molecule has 144 valence electrons. The molecule has 0 saturated carbocycles. The topological polar surface area (TPSA) is 61.8 Å². The lowest BCUT2D eigenvalue weighted by molar-refractivity contribution is -0.121. The number of hydrogen-bond acceptors (Lipinski definition) is 4. The van der Waals surface area contributed by atoms with Crippen LogP contribution in [0.2, 0.25) is 0 Å². The summed E-state index contributed by atoms with van der Waals surface area (Å²) >= 11 is 1.32. The summed E-state index contributed by atoms with van der Waals surface area (Å²) in [6, 6.07) is 28.1. The van der Waals surface area contributed by atoms with Crippen molar-refractivity contribution < 1.29 is 9.59 Å². The SMILES string of the molecule is O=C(C[C@@H]1SC(=Nc2ccccc2)N(c2ccccc2)C1=O)Nc1ccccc1. The van der Waals surface area contributed by atoms with Crippen LogP contribution in [0.3, 0.4) is 0 Å². The van der Waals surface area contributed by atoms with Crippen molar-refractivity contribution in [3.63, 3.8) is 0 Å². The molecule has 1 aliphatic rings. The monoisotopic (exact) mass is 401 g/mol. The highest BCUT2D eigenvalue weighted by Gasteiger charge is 2.40. The number of nitrogens with one attached hydrogen (secondary N) is 1. The van der Waals surface area contributed by atoms with Crippen LogP contribution in [0.1, 0.15) is 6.42 Å². The predicted molar refractivity (Wildman–Crippen MR) is 119 cm³/mol. The largest absolute Gasteiger partial charge is 0.326 e. The van der Waals surface area contributed by atoms with E-state index in [1.807, 2.05) is 91.0 Å². The molecular formula is C23H19N3O2S. The lowest BCUT2D eigenvalue weighted by Gasteiger charge is -2.16. The predicted octanol–water partition coefficient (Wildman–Crippen LogP) is 4.85. The van der Waals surface area contributed by atoms with Crippen molar-refractivity contribution in [3.8, 4) is 0 Å². The minimum absolute atomic E-state index is 0.0789. The average molecular weight is 401 g/mol. The number of nitrogens with zero attached hydrogens (tertiary/aromatic N) is 2. The van der Waals surface area contributed by atoms with Crippen molar-refractivity contribution in [1.29, 1.82) is 0 Å². The molecule has 0 bridgehead atoms. The quantitative estimate of drug-likeness (QED) is 0.665. The van der Waals surface area contributed by atoms with Crippen LogP contribution in [0.5, 0.6) is 0 Å². The number of carbonyl (C=O) groups excluding carboxylic acids is 2. The smallest absolute Gasteiger partial charge is 0.247 e. The number of para-hydroxylation sites is 3. The van der Waals surface area contributed by atoms with E-state index in [4.69, 9.17) is 0 Å². The van der Waals surface area contributed by atoms with Crippen LogP contribution in [0.25, 0.3) is 0 Å². The lowest BCUT2D eigenvalue weighted by atomic mass is 10.2. The Kier molecular flexibility index (Phi) is 5.72. The number of hydrogen-bond donors (Lipinski definition) is 1. The Morgan fingerprint density at radius 3 is 2.14 bits per heavy atom. The number of rotatable bonds is 5. The van der Waals surface area contributed by atoms with Gasteiger partial charge in [-0.2, -0.15) is 0 Å². The van der Waals surface area contributed by atoms with Gasteiger partial charge in [-0.1, -0.05) is 66.4 Å². The highest BCUT2D eigenvalue weighted by molar-refractivity contribution is 8.16. The number of aliphatic imine (C=N–C) groups is 1. The van der Waals surface area contributed by atoms with Crippen molar-refractivity contribution in [3.05, 3.63) is 91.0 Å². The van der Waals surface area contributed by atoms with E-state index in [0.29, 0.717) is 10.9 Å². The summed E-state index contributed by atoms with van der Waals surface area (Å²) in [5.41, 5.74) is 2.22. The van der Waals surface area contributed by atoms with Crippen molar-refractivity contribution >= 4 is 45.8 Å². The summed E-state index contributed by atoms with van der Waals surface area (Å²) in [5, 5.41) is 2.89. The minimum atomic E-state index is -0.526. The first-order valence-corrected chi connectivity index (χ1v) is 10.1. The molecule has 0 spiro atoms. The summed E-state index contributed by atoms with van der Waals surface area (Å²) in [6.07, 6.45) is 0.0789. The second kappa shape index (κ2) is 8.75. The molecule has 0 aliphatic carbocycles. The molecule has 1 saturated heterocycles. The molecular weight excluding hydrogens is 382 g/mol. The van der Waals surface area contributed by atoms with Crippen molar-refractivity contribution in [1.82, 2.24) is 0 Å². The van der Waals surface area contributed by atoms with E-state index >= 15 is 0 Å². The Hall–Kier alpha value is -3.38. The van der Waals surface area contributed by atoms with Gasteiger partial charge < -0.3 is 5.32 Å². The maximum Gasteiger partial charge on any atom is 0.247 e. The standard InChI is InChI=1S/C23H19N3O2S/c27-21(24-17-10-4-1-5-11-17)16-20-22(28)26(19-14-8-3-9-15-19)23(29-20)25-18-12-6-2-7-13-18/h1-15,20H,16H2,(H,24,27)/t20-/m0/s1. The highest BCUT2D eigenvalue weighted by Crippen LogP contribution is 2.35. The first kappa shape index (κ1) is 19.0. The van der Waals surface area contributed by atoms with E-state index in [9.17, 15) is 9.59 Å². The van der Waals surface area contributed by atoms with Crippen LogP contribution in [0.4, 0.5) is 17.1 Å². The Labute approximate surface area is 173 Å². The maximum absolute atomic E-state index is 13.1. The highest BCUT2D eigenvalue weighted by atomic mass is 32.2. The fourth-order valence-electron chi connectivity index (χ4n) is 3.00. The zero-order valence-corrected chi connectivity index (χ0v) is 16.4. The van der Waals surface area contributed by atoms with Gasteiger partial charge in [0.2, 0.25) is 11.8 Å².